The molecule has 0 aliphatic carbocycles. The highest BCUT2D eigenvalue weighted by Crippen LogP contribution is 2.21. The molecule has 0 amide bonds. The number of nitrogens with one attached hydrogen (secondary N) is 1. The molecule has 0 radical (unpaired) electrons. The number of aliphatic hydroxyl groups excluding tert-OH is 1. The van der Waals surface area contributed by atoms with Gasteiger partial charge in [0, 0.05) is 10.2 Å². The Morgan fingerprint density at radius 2 is 1.89 bits per heavy atom. The standard InChI is InChI=1S/C14H13BrFNO/c15-11-4-6-13(7-5-11)17-14(9-18)10-2-1-3-12(16)8-10/h1-8,14,17-18H,9H2. The first-order chi connectivity index (χ1) is 8.69. The lowest BCUT2D eigenvalue weighted by atomic mass is 10.1. The molecule has 1 atom stereocenters. The Morgan fingerprint density at radius 1 is 1.17 bits per heavy atom. The summed E-state index contributed by atoms with van der Waals surface area (Å²) in [7, 11) is 0. The molecule has 4 heteroatoms. The van der Waals surface area contributed by atoms with Gasteiger partial charge in [-0.3, -0.25) is 0 Å². The van der Waals surface area contributed by atoms with Gasteiger partial charge in [-0.1, -0.05) is 28.1 Å². The minimum Gasteiger partial charge on any atom is -0.394 e. The highest BCUT2D eigenvalue weighted by Gasteiger charge is 2.10. The van der Waals surface area contributed by atoms with Crippen molar-refractivity contribution in [1.29, 1.82) is 0 Å². The van der Waals surface area contributed by atoms with Crippen molar-refractivity contribution in [3.05, 3.63) is 64.4 Å². The van der Waals surface area contributed by atoms with Crippen LogP contribution in [0.5, 0.6) is 0 Å². The summed E-state index contributed by atoms with van der Waals surface area (Å²) in [5.74, 6) is -0.302. The van der Waals surface area contributed by atoms with E-state index in [9.17, 15) is 9.50 Å². The molecule has 2 aromatic rings. The predicted octanol–water partition coefficient (Wildman–Crippen LogP) is 3.73. The van der Waals surface area contributed by atoms with Gasteiger partial charge in [0.15, 0.2) is 0 Å². The first-order valence-electron chi connectivity index (χ1n) is 5.57. The van der Waals surface area contributed by atoms with Gasteiger partial charge in [0.25, 0.3) is 0 Å². The molecule has 0 aliphatic rings. The van der Waals surface area contributed by atoms with Crippen LogP contribution in [0.4, 0.5) is 10.1 Å². The van der Waals surface area contributed by atoms with Gasteiger partial charge in [-0.15, -0.1) is 0 Å². The van der Waals surface area contributed by atoms with E-state index in [1.54, 1.807) is 12.1 Å². The summed E-state index contributed by atoms with van der Waals surface area (Å²) < 4.78 is 14.1. The molecular weight excluding hydrogens is 297 g/mol. The number of rotatable bonds is 4. The second-order valence-electron chi connectivity index (χ2n) is 3.94. The molecule has 0 aliphatic heterocycles. The van der Waals surface area contributed by atoms with Crippen molar-refractivity contribution < 1.29 is 9.50 Å². The van der Waals surface area contributed by atoms with Gasteiger partial charge in [0.2, 0.25) is 0 Å². The Bertz CT molecular complexity index is 515. The molecule has 0 spiro atoms. The van der Waals surface area contributed by atoms with Crippen LogP contribution in [0.25, 0.3) is 0 Å². The van der Waals surface area contributed by atoms with Crippen LogP contribution in [0.1, 0.15) is 11.6 Å². The molecule has 2 aromatic carbocycles. The largest absolute Gasteiger partial charge is 0.394 e. The van der Waals surface area contributed by atoms with E-state index in [1.165, 1.54) is 12.1 Å². The van der Waals surface area contributed by atoms with Crippen LogP contribution in [-0.2, 0) is 0 Å². The van der Waals surface area contributed by atoms with Crippen molar-refractivity contribution in [2.75, 3.05) is 11.9 Å². The highest BCUT2D eigenvalue weighted by atomic mass is 79.9. The highest BCUT2D eigenvalue weighted by molar-refractivity contribution is 9.10. The summed E-state index contributed by atoms with van der Waals surface area (Å²) in [5, 5.41) is 12.6. The lowest BCUT2D eigenvalue weighted by Gasteiger charge is -2.18. The number of hydrogen-bond donors (Lipinski definition) is 2. The number of anilines is 1. The van der Waals surface area contributed by atoms with Crippen molar-refractivity contribution >= 4 is 21.6 Å². The van der Waals surface area contributed by atoms with Crippen LogP contribution in [-0.4, -0.2) is 11.7 Å². The Balaban J connectivity index is 2.17. The summed E-state index contributed by atoms with van der Waals surface area (Å²) in [6.45, 7) is -0.0977. The zero-order chi connectivity index (χ0) is 13.0. The van der Waals surface area contributed by atoms with Crippen LogP contribution < -0.4 is 5.32 Å². The van der Waals surface area contributed by atoms with E-state index in [0.717, 1.165) is 15.7 Å². The second kappa shape index (κ2) is 5.98. The molecular formula is C14H13BrFNO. The molecule has 0 heterocycles. The van der Waals surface area contributed by atoms with Crippen molar-refractivity contribution in [1.82, 2.24) is 0 Å². The van der Waals surface area contributed by atoms with Gasteiger partial charge in [-0.05, 0) is 42.0 Å². The van der Waals surface area contributed by atoms with Crippen molar-refractivity contribution in [2.45, 2.75) is 6.04 Å². The Kier molecular flexibility index (Phi) is 4.33. The van der Waals surface area contributed by atoms with E-state index in [2.05, 4.69) is 21.2 Å². The molecule has 0 saturated heterocycles. The van der Waals surface area contributed by atoms with Crippen molar-refractivity contribution in [3.8, 4) is 0 Å². The number of halogens is 2. The van der Waals surface area contributed by atoms with E-state index >= 15 is 0 Å². The maximum atomic E-state index is 13.1. The summed E-state index contributed by atoms with van der Waals surface area (Å²) in [6.07, 6.45) is 0. The van der Waals surface area contributed by atoms with Gasteiger partial charge >= 0.3 is 0 Å². The SMILES string of the molecule is OCC(Nc1ccc(Br)cc1)c1cccc(F)c1. The Morgan fingerprint density at radius 3 is 2.50 bits per heavy atom. The lowest BCUT2D eigenvalue weighted by Crippen LogP contribution is -2.14. The van der Waals surface area contributed by atoms with E-state index < -0.39 is 0 Å². The monoisotopic (exact) mass is 309 g/mol. The predicted molar refractivity (Wildman–Crippen MR) is 74.0 cm³/mol. The third-order valence-electron chi connectivity index (χ3n) is 2.62. The number of benzene rings is 2. The van der Waals surface area contributed by atoms with Gasteiger partial charge in [0.05, 0.1) is 12.6 Å². The number of hydrogen-bond acceptors (Lipinski definition) is 2. The zero-order valence-electron chi connectivity index (χ0n) is 9.61. The molecule has 94 valence electrons. The molecule has 18 heavy (non-hydrogen) atoms. The normalized spacial score (nSPS) is 12.2. The van der Waals surface area contributed by atoms with Crippen molar-refractivity contribution in [2.24, 2.45) is 0 Å². The van der Waals surface area contributed by atoms with Crippen LogP contribution >= 0.6 is 15.9 Å². The molecule has 2 nitrogen and oxygen atoms in total. The van der Waals surface area contributed by atoms with Crippen LogP contribution in [0.15, 0.2) is 53.0 Å². The maximum Gasteiger partial charge on any atom is 0.123 e. The van der Waals surface area contributed by atoms with Crippen LogP contribution in [0, 0.1) is 5.82 Å². The topological polar surface area (TPSA) is 32.3 Å². The molecule has 2 rings (SSSR count). The fourth-order valence-electron chi connectivity index (χ4n) is 1.71. The third-order valence-corrected chi connectivity index (χ3v) is 3.15. The van der Waals surface area contributed by atoms with Gasteiger partial charge in [0.1, 0.15) is 5.82 Å². The average molecular weight is 310 g/mol. The second-order valence-corrected chi connectivity index (χ2v) is 4.86. The Hall–Kier alpha value is -1.39. The maximum absolute atomic E-state index is 13.1. The molecule has 0 bridgehead atoms. The minimum absolute atomic E-state index is 0.0977. The van der Waals surface area contributed by atoms with E-state index in [1.807, 2.05) is 24.3 Å². The summed E-state index contributed by atoms with van der Waals surface area (Å²) >= 11 is 3.36. The van der Waals surface area contributed by atoms with Crippen LogP contribution in [0.3, 0.4) is 0 Å². The lowest BCUT2D eigenvalue weighted by molar-refractivity contribution is 0.276. The third kappa shape index (κ3) is 3.31. The van der Waals surface area contributed by atoms with Gasteiger partial charge in [-0.25, -0.2) is 4.39 Å². The molecule has 0 saturated carbocycles. The summed E-state index contributed by atoms with van der Waals surface area (Å²) in [5.41, 5.74) is 1.60. The quantitative estimate of drug-likeness (QED) is 0.902. The average Bonchev–Trinajstić information content (AvgIpc) is 2.38. The van der Waals surface area contributed by atoms with Gasteiger partial charge < -0.3 is 10.4 Å². The fraction of sp³-hybridized carbons (Fsp3) is 0.143. The summed E-state index contributed by atoms with van der Waals surface area (Å²) in [4.78, 5) is 0. The first-order valence-corrected chi connectivity index (χ1v) is 6.37. The smallest absolute Gasteiger partial charge is 0.123 e. The summed E-state index contributed by atoms with van der Waals surface area (Å²) in [6, 6.07) is 13.5. The van der Waals surface area contributed by atoms with Crippen molar-refractivity contribution in [3.63, 3.8) is 0 Å². The zero-order valence-corrected chi connectivity index (χ0v) is 11.2. The molecule has 2 N–H and O–H groups in total. The number of aliphatic hydroxyl groups is 1. The molecule has 1 unspecified atom stereocenters. The van der Waals surface area contributed by atoms with E-state index in [-0.39, 0.29) is 18.5 Å². The van der Waals surface area contributed by atoms with E-state index in [0.29, 0.717) is 0 Å². The first kappa shape index (κ1) is 13.1. The van der Waals surface area contributed by atoms with Crippen LogP contribution in [0.2, 0.25) is 0 Å². The van der Waals surface area contributed by atoms with Gasteiger partial charge in [-0.2, -0.15) is 0 Å². The Labute approximate surface area is 114 Å². The minimum atomic E-state index is -0.318. The molecule has 0 fully saturated rings. The molecule has 0 aromatic heterocycles. The van der Waals surface area contributed by atoms with E-state index in [4.69, 9.17) is 0 Å². The fourth-order valence-corrected chi connectivity index (χ4v) is 1.97.